The number of hydrogen-bond acceptors (Lipinski definition) is 4. The molecule has 0 atom stereocenters. The molecule has 0 saturated carbocycles. The summed E-state index contributed by atoms with van der Waals surface area (Å²) in [6.45, 7) is 0.308. The fourth-order valence-electron chi connectivity index (χ4n) is 2.39. The number of carbonyl (C=O) groups excluding carboxylic acids is 1. The third-order valence-electron chi connectivity index (χ3n) is 3.69. The van der Waals surface area contributed by atoms with Crippen LogP contribution >= 0.6 is 0 Å². The van der Waals surface area contributed by atoms with E-state index in [1.165, 1.54) is 19.2 Å². The Morgan fingerprint density at radius 3 is 2.84 bits per heavy atom. The lowest BCUT2D eigenvalue weighted by molar-refractivity contribution is 0.0950. The standard InChI is InChI=1S/C18H17FN4O2/c1-23-11-14(10-22-23)16-7-12(5-6-20-16)9-21-18(24)13-3-4-17(25-2)15(19)8-13/h3-8,10-11H,9H2,1-2H3,(H,21,24). The van der Waals surface area contributed by atoms with Gasteiger partial charge in [-0.15, -0.1) is 0 Å². The van der Waals surface area contributed by atoms with Gasteiger partial charge >= 0.3 is 0 Å². The van der Waals surface area contributed by atoms with E-state index >= 15 is 0 Å². The van der Waals surface area contributed by atoms with E-state index in [9.17, 15) is 9.18 Å². The minimum Gasteiger partial charge on any atom is -0.494 e. The Morgan fingerprint density at radius 1 is 1.32 bits per heavy atom. The Labute approximate surface area is 144 Å². The Kier molecular flexibility index (Phi) is 4.74. The van der Waals surface area contributed by atoms with E-state index < -0.39 is 5.82 Å². The summed E-state index contributed by atoms with van der Waals surface area (Å²) >= 11 is 0. The smallest absolute Gasteiger partial charge is 0.251 e. The fourth-order valence-corrected chi connectivity index (χ4v) is 2.39. The molecule has 1 aromatic carbocycles. The van der Waals surface area contributed by atoms with Gasteiger partial charge in [0.1, 0.15) is 0 Å². The zero-order valence-electron chi connectivity index (χ0n) is 13.9. The summed E-state index contributed by atoms with van der Waals surface area (Å²) < 4.78 is 20.2. The molecule has 1 amide bonds. The zero-order chi connectivity index (χ0) is 17.8. The van der Waals surface area contributed by atoms with Crippen LogP contribution in [0.3, 0.4) is 0 Å². The third-order valence-corrected chi connectivity index (χ3v) is 3.69. The van der Waals surface area contributed by atoms with Crippen molar-refractivity contribution >= 4 is 5.91 Å². The van der Waals surface area contributed by atoms with Gasteiger partial charge in [0.25, 0.3) is 5.91 Å². The molecule has 0 saturated heterocycles. The molecule has 128 valence electrons. The summed E-state index contributed by atoms with van der Waals surface area (Å²) in [4.78, 5) is 16.5. The number of aryl methyl sites for hydroxylation is 1. The van der Waals surface area contributed by atoms with Crippen LogP contribution in [0.5, 0.6) is 5.75 Å². The van der Waals surface area contributed by atoms with Crippen LogP contribution in [-0.2, 0) is 13.6 Å². The summed E-state index contributed by atoms with van der Waals surface area (Å²) in [7, 11) is 3.21. The van der Waals surface area contributed by atoms with Crippen molar-refractivity contribution in [3.63, 3.8) is 0 Å². The molecular weight excluding hydrogens is 323 g/mol. The quantitative estimate of drug-likeness (QED) is 0.775. The number of halogens is 1. The first-order valence-electron chi connectivity index (χ1n) is 7.62. The molecule has 0 aliphatic rings. The average Bonchev–Trinajstić information content (AvgIpc) is 3.06. The van der Waals surface area contributed by atoms with Gasteiger partial charge in [-0.3, -0.25) is 14.5 Å². The van der Waals surface area contributed by atoms with Crippen molar-refractivity contribution in [3.8, 4) is 17.0 Å². The SMILES string of the molecule is COc1ccc(C(=O)NCc2ccnc(-c3cnn(C)c3)c2)cc1F. The number of nitrogens with one attached hydrogen (secondary N) is 1. The number of hydrogen-bond donors (Lipinski definition) is 1. The predicted octanol–water partition coefficient (Wildman–Crippen LogP) is 2.56. The number of methoxy groups -OCH3 is 1. The topological polar surface area (TPSA) is 69.0 Å². The number of benzene rings is 1. The molecule has 1 N–H and O–H groups in total. The summed E-state index contributed by atoms with van der Waals surface area (Å²) in [6, 6.07) is 7.80. The fraction of sp³-hybridized carbons (Fsp3) is 0.167. The second kappa shape index (κ2) is 7.12. The van der Waals surface area contributed by atoms with Crippen molar-refractivity contribution in [3.05, 3.63) is 65.9 Å². The van der Waals surface area contributed by atoms with E-state index in [2.05, 4.69) is 15.4 Å². The molecule has 3 aromatic rings. The number of aromatic nitrogens is 3. The van der Waals surface area contributed by atoms with Crippen LogP contribution in [-0.4, -0.2) is 27.8 Å². The Bertz CT molecular complexity index is 908. The second-order valence-corrected chi connectivity index (χ2v) is 5.48. The van der Waals surface area contributed by atoms with Gasteiger partial charge in [-0.1, -0.05) is 0 Å². The van der Waals surface area contributed by atoms with Gasteiger partial charge in [0.15, 0.2) is 11.6 Å². The number of rotatable bonds is 5. The van der Waals surface area contributed by atoms with Crippen LogP contribution in [0.4, 0.5) is 4.39 Å². The number of nitrogens with zero attached hydrogens (tertiary/aromatic N) is 3. The monoisotopic (exact) mass is 340 g/mol. The van der Waals surface area contributed by atoms with Crippen LogP contribution in [0.2, 0.25) is 0 Å². The molecule has 25 heavy (non-hydrogen) atoms. The number of carbonyl (C=O) groups is 1. The van der Waals surface area contributed by atoms with Crippen LogP contribution in [0.25, 0.3) is 11.3 Å². The van der Waals surface area contributed by atoms with Crippen LogP contribution < -0.4 is 10.1 Å². The van der Waals surface area contributed by atoms with Gasteiger partial charge in [-0.2, -0.15) is 5.10 Å². The summed E-state index contributed by atoms with van der Waals surface area (Å²) in [5, 5.41) is 6.89. The zero-order valence-corrected chi connectivity index (χ0v) is 13.9. The van der Waals surface area contributed by atoms with Crippen molar-refractivity contribution in [2.75, 3.05) is 7.11 Å². The molecule has 0 bridgehead atoms. The lowest BCUT2D eigenvalue weighted by Crippen LogP contribution is -2.23. The maximum atomic E-state index is 13.7. The first-order valence-corrected chi connectivity index (χ1v) is 7.62. The van der Waals surface area contributed by atoms with Crippen molar-refractivity contribution < 1.29 is 13.9 Å². The average molecular weight is 340 g/mol. The van der Waals surface area contributed by atoms with E-state index in [1.54, 1.807) is 17.1 Å². The molecule has 2 aromatic heterocycles. The highest BCUT2D eigenvalue weighted by Crippen LogP contribution is 2.18. The first-order chi connectivity index (χ1) is 12.1. The Balaban J connectivity index is 1.69. The molecule has 0 aliphatic heterocycles. The van der Waals surface area contributed by atoms with E-state index in [4.69, 9.17) is 4.74 Å². The highest BCUT2D eigenvalue weighted by Gasteiger charge is 2.10. The first kappa shape index (κ1) is 16.6. The van der Waals surface area contributed by atoms with Gasteiger partial charge in [0.2, 0.25) is 0 Å². The van der Waals surface area contributed by atoms with E-state index in [-0.39, 0.29) is 17.2 Å². The molecular formula is C18H17FN4O2. The minimum absolute atomic E-state index is 0.104. The molecule has 0 aliphatic carbocycles. The molecule has 0 spiro atoms. The van der Waals surface area contributed by atoms with Gasteiger partial charge < -0.3 is 10.1 Å². The number of ether oxygens (including phenoxy) is 1. The van der Waals surface area contributed by atoms with Crippen LogP contribution in [0.1, 0.15) is 15.9 Å². The molecule has 2 heterocycles. The van der Waals surface area contributed by atoms with Crippen LogP contribution in [0, 0.1) is 5.82 Å². The van der Waals surface area contributed by atoms with E-state index in [0.29, 0.717) is 6.54 Å². The molecule has 7 heteroatoms. The lowest BCUT2D eigenvalue weighted by Gasteiger charge is -2.08. The predicted molar refractivity (Wildman–Crippen MR) is 90.6 cm³/mol. The van der Waals surface area contributed by atoms with Crippen molar-refractivity contribution in [1.29, 1.82) is 0 Å². The molecule has 0 fully saturated rings. The van der Waals surface area contributed by atoms with Crippen molar-refractivity contribution in [1.82, 2.24) is 20.1 Å². The molecule has 0 unspecified atom stereocenters. The Morgan fingerprint density at radius 2 is 2.16 bits per heavy atom. The van der Waals surface area contributed by atoms with Gasteiger partial charge in [0, 0.05) is 37.1 Å². The highest BCUT2D eigenvalue weighted by atomic mass is 19.1. The lowest BCUT2D eigenvalue weighted by atomic mass is 10.1. The largest absolute Gasteiger partial charge is 0.494 e. The summed E-state index contributed by atoms with van der Waals surface area (Å²) in [5.41, 5.74) is 2.79. The maximum Gasteiger partial charge on any atom is 0.251 e. The van der Waals surface area contributed by atoms with Gasteiger partial charge in [-0.25, -0.2) is 4.39 Å². The van der Waals surface area contributed by atoms with Crippen molar-refractivity contribution in [2.45, 2.75) is 6.54 Å². The Hall–Kier alpha value is -3.22. The molecule has 6 nitrogen and oxygen atoms in total. The van der Waals surface area contributed by atoms with Gasteiger partial charge in [0.05, 0.1) is 19.0 Å². The van der Waals surface area contributed by atoms with Crippen molar-refractivity contribution in [2.24, 2.45) is 7.05 Å². The number of amides is 1. The summed E-state index contributed by atoms with van der Waals surface area (Å²) in [5.74, 6) is -0.828. The minimum atomic E-state index is -0.571. The van der Waals surface area contributed by atoms with Gasteiger partial charge in [-0.05, 0) is 35.9 Å². The highest BCUT2D eigenvalue weighted by molar-refractivity contribution is 5.94. The maximum absolute atomic E-state index is 13.7. The van der Waals surface area contributed by atoms with E-state index in [1.807, 2.05) is 25.4 Å². The van der Waals surface area contributed by atoms with Crippen LogP contribution in [0.15, 0.2) is 48.9 Å². The third kappa shape index (κ3) is 3.82. The van der Waals surface area contributed by atoms with E-state index in [0.717, 1.165) is 22.9 Å². The second-order valence-electron chi connectivity index (χ2n) is 5.48. The normalized spacial score (nSPS) is 10.5. The summed E-state index contributed by atoms with van der Waals surface area (Å²) in [6.07, 6.45) is 5.27. The number of pyridine rings is 1. The molecule has 3 rings (SSSR count). The molecule has 0 radical (unpaired) electrons.